The van der Waals surface area contributed by atoms with E-state index in [1.165, 1.54) is 5.56 Å². The van der Waals surface area contributed by atoms with E-state index in [0.29, 0.717) is 0 Å². The van der Waals surface area contributed by atoms with Gasteiger partial charge < -0.3 is 15.6 Å². The molecular formula is C22H24N4O. The predicted molar refractivity (Wildman–Crippen MR) is 108 cm³/mol. The number of imidazole rings is 1. The number of hydrogen-bond acceptors (Lipinski definition) is 3. The lowest BCUT2D eigenvalue weighted by atomic mass is 10.1. The van der Waals surface area contributed by atoms with Crippen molar-refractivity contribution < 1.29 is 4.79 Å². The van der Waals surface area contributed by atoms with Gasteiger partial charge >= 0.3 is 0 Å². The summed E-state index contributed by atoms with van der Waals surface area (Å²) in [5.41, 5.74) is 5.24. The number of amides is 1. The van der Waals surface area contributed by atoms with Gasteiger partial charge in [0.15, 0.2) is 0 Å². The molecule has 0 bridgehead atoms. The topological polar surface area (TPSA) is 69.8 Å². The fourth-order valence-electron chi connectivity index (χ4n) is 3.38. The summed E-state index contributed by atoms with van der Waals surface area (Å²) >= 11 is 0. The predicted octanol–water partition coefficient (Wildman–Crippen LogP) is 4.00. The molecule has 1 fully saturated rings. The second kappa shape index (κ2) is 7.76. The Kier molecular flexibility index (Phi) is 5.03. The van der Waals surface area contributed by atoms with Gasteiger partial charge in [-0.2, -0.15) is 0 Å². The van der Waals surface area contributed by atoms with Crippen molar-refractivity contribution in [3.8, 4) is 22.6 Å². The highest BCUT2D eigenvalue weighted by Gasteiger charge is 2.21. The Labute approximate surface area is 159 Å². The largest absolute Gasteiger partial charge is 0.338 e. The molecule has 5 nitrogen and oxygen atoms in total. The fraction of sp³-hybridized carbons (Fsp3) is 0.273. The van der Waals surface area contributed by atoms with Gasteiger partial charge in [0.2, 0.25) is 5.91 Å². The van der Waals surface area contributed by atoms with Crippen molar-refractivity contribution in [2.24, 2.45) is 0 Å². The molecule has 0 spiro atoms. The Morgan fingerprint density at radius 3 is 2.52 bits per heavy atom. The van der Waals surface area contributed by atoms with E-state index in [4.69, 9.17) is 0 Å². The maximum absolute atomic E-state index is 12.2. The fourth-order valence-corrected chi connectivity index (χ4v) is 3.38. The zero-order valence-corrected chi connectivity index (χ0v) is 15.5. The summed E-state index contributed by atoms with van der Waals surface area (Å²) in [6.45, 7) is 3.07. The summed E-state index contributed by atoms with van der Waals surface area (Å²) in [6.07, 6.45) is 4.85. The minimum atomic E-state index is -0.0728. The number of benzene rings is 2. The van der Waals surface area contributed by atoms with E-state index >= 15 is 0 Å². The monoisotopic (exact) mass is 360 g/mol. The molecule has 2 heterocycles. The number of anilines is 1. The molecular weight excluding hydrogens is 336 g/mol. The van der Waals surface area contributed by atoms with E-state index in [1.807, 2.05) is 30.5 Å². The van der Waals surface area contributed by atoms with E-state index in [0.717, 1.165) is 54.1 Å². The van der Waals surface area contributed by atoms with Gasteiger partial charge in [-0.15, -0.1) is 0 Å². The lowest BCUT2D eigenvalue weighted by Gasteiger charge is -2.11. The number of hydrogen-bond donors (Lipinski definition) is 3. The smallest absolute Gasteiger partial charge is 0.241 e. The molecule has 1 aromatic heterocycles. The Balaban J connectivity index is 1.45. The molecule has 3 aromatic rings. The van der Waals surface area contributed by atoms with Crippen molar-refractivity contribution in [1.82, 2.24) is 15.3 Å². The summed E-state index contributed by atoms with van der Waals surface area (Å²) in [4.78, 5) is 20.1. The van der Waals surface area contributed by atoms with Gasteiger partial charge in [0, 0.05) is 11.3 Å². The third-order valence-corrected chi connectivity index (χ3v) is 5.05. The molecule has 2 aromatic carbocycles. The molecule has 1 aliphatic rings. The van der Waals surface area contributed by atoms with Gasteiger partial charge in [0.1, 0.15) is 5.82 Å². The molecule has 1 atom stereocenters. The summed E-state index contributed by atoms with van der Waals surface area (Å²) in [7, 11) is 0. The van der Waals surface area contributed by atoms with Crippen LogP contribution < -0.4 is 10.6 Å². The summed E-state index contributed by atoms with van der Waals surface area (Å²) in [5, 5.41) is 6.18. The number of rotatable bonds is 5. The normalized spacial score (nSPS) is 16.4. The van der Waals surface area contributed by atoms with Gasteiger partial charge in [-0.25, -0.2) is 4.98 Å². The molecule has 1 aliphatic heterocycles. The highest BCUT2D eigenvalue weighted by molar-refractivity contribution is 5.95. The minimum absolute atomic E-state index is 0.0380. The second-order valence-electron chi connectivity index (χ2n) is 6.91. The number of aryl methyl sites for hydroxylation is 1. The molecule has 138 valence electrons. The number of carbonyl (C=O) groups is 1. The van der Waals surface area contributed by atoms with Crippen molar-refractivity contribution in [3.05, 3.63) is 60.3 Å². The Morgan fingerprint density at radius 2 is 1.85 bits per heavy atom. The third-order valence-electron chi connectivity index (χ3n) is 5.05. The molecule has 3 N–H and O–H groups in total. The highest BCUT2D eigenvalue weighted by Crippen LogP contribution is 2.24. The molecule has 4 rings (SSSR count). The number of aromatic nitrogens is 2. The standard InChI is InChI=1S/C22H24N4O/c1-2-15-5-7-16(8-6-15)20-14-24-21(26-20)17-9-11-18(12-10-17)25-22(27)19-4-3-13-23-19/h5-12,14,19,23H,2-4,13H2,1H3,(H,24,26)(H,25,27)/t19-/m0/s1. The first kappa shape index (κ1) is 17.5. The lowest BCUT2D eigenvalue weighted by Crippen LogP contribution is -2.35. The van der Waals surface area contributed by atoms with Crippen LogP contribution in [0.4, 0.5) is 5.69 Å². The van der Waals surface area contributed by atoms with Crippen molar-refractivity contribution in [2.45, 2.75) is 32.2 Å². The molecule has 1 saturated heterocycles. The highest BCUT2D eigenvalue weighted by atomic mass is 16.2. The Hall–Kier alpha value is -2.92. The van der Waals surface area contributed by atoms with E-state index in [-0.39, 0.29) is 11.9 Å². The average Bonchev–Trinajstić information content (AvgIpc) is 3.41. The number of nitrogens with one attached hydrogen (secondary N) is 3. The zero-order valence-electron chi connectivity index (χ0n) is 15.5. The summed E-state index contributed by atoms with van der Waals surface area (Å²) in [6, 6.07) is 16.2. The van der Waals surface area contributed by atoms with Crippen LogP contribution in [-0.4, -0.2) is 28.5 Å². The molecule has 0 aliphatic carbocycles. The van der Waals surface area contributed by atoms with Crippen LogP contribution in [0.1, 0.15) is 25.3 Å². The van der Waals surface area contributed by atoms with Crippen molar-refractivity contribution in [1.29, 1.82) is 0 Å². The first-order valence-electron chi connectivity index (χ1n) is 9.52. The van der Waals surface area contributed by atoms with E-state index in [1.54, 1.807) is 0 Å². The Morgan fingerprint density at radius 1 is 1.11 bits per heavy atom. The first-order chi connectivity index (χ1) is 13.2. The van der Waals surface area contributed by atoms with Gasteiger partial charge in [0.25, 0.3) is 0 Å². The van der Waals surface area contributed by atoms with Crippen LogP contribution in [0.3, 0.4) is 0 Å². The van der Waals surface area contributed by atoms with Gasteiger partial charge in [-0.05, 0) is 61.2 Å². The number of H-pyrrole nitrogens is 1. The van der Waals surface area contributed by atoms with Gasteiger partial charge in [-0.3, -0.25) is 4.79 Å². The van der Waals surface area contributed by atoms with E-state index < -0.39 is 0 Å². The molecule has 0 unspecified atom stereocenters. The maximum Gasteiger partial charge on any atom is 0.241 e. The van der Waals surface area contributed by atoms with Crippen LogP contribution in [-0.2, 0) is 11.2 Å². The molecule has 5 heteroatoms. The number of carbonyl (C=O) groups excluding carboxylic acids is 1. The van der Waals surface area contributed by atoms with Gasteiger partial charge in [0.05, 0.1) is 17.9 Å². The molecule has 27 heavy (non-hydrogen) atoms. The third kappa shape index (κ3) is 3.93. The van der Waals surface area contributed by atoms with Crippen molar-refractivity contribution in [3.63, 3.8) is 0 Å². The quantitative estimate of drug-likeness (QED) is 0.644. The zero-order chi connectivity index (χ0) is 18.6. The lowest BCUT2D eigenvalue weighted by molar-refractivity contribution is -0.117. The first-order valence-corrected chi connectivity index (χ1v) is 9.52. The van der Waals surface area contributed by atoms with Crippen molar-refractivity contribution >= 4 is 11.6 Å². The maximum atomic E-state index is 12.2. The van der Waals surface area contributed by atoms with Gasteiger partial charge in [-0.1, -0.05) is 31.2 Å². The van der Waals surface area contributed by atoms with Crippen molar-refractivity contribution in [2.75, 3.05) is 11.9 Å². The number of nitrogens with zero attached hydrogens (tertiary/aromatic N) is 1. The van der Waals surface area contributed by atoms with Crippen LogP contribution in [0.15, 0.2) is 54.7 Å². The molecule has 0 radical (unpaired) electrons. The average molecular weight is 360 g/mol. The summed E-state index contributed by atoms with van der Waals surface area (Å²) in [5.74, 6) is 0.857. The van der Waals surface area contributed by atoms with Crippen LogP contribution in [0.5, 0.6) is 0 Å². The van der Waals surface area contributed by atoms with Crippen LogP contribution >= 0.6 is 0 Å². The Bertz CT molecular complexity index is 906. The van der Waals surface area contributed by atoms with Crippen LogP contribution in [0, 0.1) is 0 Å². The molecule has 1 amide bonds. The van der Waals surface area contributed by atoms with E-state index in [2.05, 4.69) is 51.8 Å². The summed E-state index contributed by atoms with van der Waals surface area (Å²) < 4.78 is 0. The molecule has 0 saturated carbocycles. The van der Waals surface area contributed by atoms with Crippen LogP contribution in [0.25, 0.3) is 22.6 Å². The van der Waals surface area contributed by atoms with E-state index in [9.17, 15) is 4.79 Å². The van der Waals surface area contributed by atoms with Crippen LogP contribution in [0.2, 0.25) is 0 Å². The minimum Gasteiger partial charge on any atom is -0.338 e. The SMILES string of the molecule is CCc1ccc(-c2cnc(-c3ccc(NC(=O)[C@@H]4CCCN4)cc3)[nH]2)cc1. The second-order valence-corrected chi connectivity index (χ2v) is 6.91. The number of aromatic amines is 1.